The Morgan fingerprint density at radius 2 is 2.21 bits per heavy atom. The van der Waals surface area contributed by atoms with Crippen LogP contribution in [0, 0.1) is 11.3 Å². The van der Waals surface area contributed by atoms with Crippen LogP contribution in [0.3, 0.4) is 0 Å². The van der Waals surface area contributed by atoms with Crippen LogP contribution in [0.4, 0.5) is 5.69 Å². The van der Waals surface area contributed by atoms with Gasteiger partial charge in [-0.15, -0.1) is 12.4 Å². The molecule has 1 aliphatic heterocycles. The SMILES string of the molecule is CCOc1ccc(NC(=O)[C@@]23CCCC[C@H]2CNC3)cc1OC.Cl. The molecule has 6 heteroatoms. The second-order valence-electron chi connectivity index (χ2n) is 6.48. The van der Waals surface area contributed by atoms with Crippen molar-refractivity contribution in [3.05, 3.63) is 18.2 Å². The van der Waals surface area contributed by atoms with Crippen LogP contribution >= 0.6 is 12.4 Å². The number of rotatable bonds is 5. The zero-order chi connectivity index (χ0) is 16.3. The number of hydrogen-bond donors (Lipinski definition) is 2. The molecule has 1 heterocycles. The zero-order valence-corrected chi connectivity index (χ0v) is 15.2. The van der Waals surface area contributed by atoms with Gasteiger partial charge in [-0.1, -0.05) is 12.8 Å². The maximum absolute atomic E-state index is 13.0. The number of methoxy groups -OCH3 is 1. The van der Waals surface area contributed by atoms with Gasteiger partial charge in [-0.2, -0.15) is 0 Å². The highest BCUT2D eigenvalue weighted by atomic mass is 35.5. The van der Waals surface area contributed by atoms with Crippen molar-refractivity contribution in [2.75, 3.05) is 32.1 Å². The minimum absolute atomic E-state index is 0. The van der Waals surface area contributed by atoms with Gasteiger partial charge in [0.25, 0.3) is 0 Å². The van der Waals surface area contributed by atoms with Crippen LogP contribution < -0.4 is 20.1 Å². The van der Waals surface area contributed by atoms with Crippen LogP contribution in [0.5, 0.6) is 11.5 Å². The Labute approximate surface area is 149 Å². The molecule has 2 N–H and O–H groups in total. The molecule has 5 nitrogen and oxygen atoms in total. The third-order valence-corrected chi connectivity index (χ3v) is 5.21. The maximum Gasteiger partial charge on any atom is 0.232 e. The molecule has 1 saturated carbocycles. The van der Waals surface area contributed by atoms with Crippen LogP contribution in [0.2, 0.25) is 0 Å². The highest BCUT2D eigenvalue weighted by Crippen LogP contribution is 2.44. The summed E-state index contributed by atoms with van der Waals surface area (Å²) in [5.41, 5.74) is 0.519. The molecule has 134 valence electrons. The first kappa shape index (κ1) is 18.9. The summed E-state index contributed by atoms with van der Waals surface area (Å²) in [4.78, 5) is 13.0. The highest BCUT2D eigenvalue weighted by Gasteiger charge is 2.49. The normalized spacial score (nSPS) is 25.3. The largest absolute Gasteiger partial charge is 0.493 e. The smallest absolute Gasteiger partial charge is 0.232 e. The number of carbonyl (C=O) groups is 1. The van der Waals surface area contributed by atoms with Crippen molar-refractivity contribution in [1.29, 1.82) is 0 Å². The van der Waals surface area contributed by atoms with E-state index in [4.69, 9.17) is 9.47 Å². The Hall–Kier alpha value is -1.46. The topological polar surface area (TPSA) is 59.6 Å². The molecule has 1 aromatic carbocycles. The first-order valence-electron chi connectivity index (χ1n) is 8.52. The van der Waals surface area contributed by atoms with Gasteiger partial charge < -0.3 is 20.1 Å². The average Bonchev–Trinajstić information content (AvgIpc) is 3.01. The van der Waals surface area contributed by atoms with Crippen LogP contribution in [-0.4, -0.2) is 32.7 Å². The Balaban J connectivity index is 0.00000208. The summed E-state index contributed by atoms with van der Waals surface area (Å²) in [6.45, 7) is 4.26. The molecule has 1 amide bonds. The molecule has 0 radical (unpaired) electrons. The molecular weight excluding hydrogens is 328 g/mol. The first-order valence-corrected chi connectivity index (χ1v) is 8.52. The van der Waals surface area contributed by atoms with E-state index in [0.717, 1.165) is 38.0 Å². The molecule has 2 aliphatic rings. The lowest BCUT2D eigenvalue weighted by atomic mass is 9.67. The minimum atomic E-state index is -0.246. The Bertz CT molecular complexity index is 581. The molecule has 1 aromatic rings. The van der Waals surface area contributed by atoms with Crippen LogP contribution in [-0.2, 0) is 4.79 Å². The van der Waals surface area contributed by atoms with Gasteiger partial charge >= 0.3 is 0 Å². The summed E-state index contributed by atoms with van der Waals surface area (Å²) in [7, 11) is 1.61. The number of anilines is 1. The van der Waals surface area contributed by atoms with Crippen molar-refractivity contribution in [2.24, 2.45) is 11.3 Å². The predicted molar refractivity (Wildman–Crippen MR) is 97.3 cm³/mol. The van der Waals surface area contributed by atoms with Crippen LogP contribution in [0.15, 0.2) is 18.2 Å². The van der Waals surface area contributed by atoms with E-state index < -0.39 is 0 Å². The quantitative estimate of drug-likeness (QED) is 0.852. The Morgan fingerprint density at radius 3 is 2.96 bits per heavy atom. The molecule has 2 fully saturated rings. The Kier molecular flexibility index (Phi) is 6.35. The molecule has 0 spiro atoms. The van der Waals surface area contributed by atoms with Crippen molar-refractivity contribution in [1.82, 2.24) is 5.32 Å². The summed E-state index contributed by atoms with van der Waals surface area (Å²) >= 11 is 0. The molecule has 0 bridgehead atoms. The van der Waals surface area contributed by atoms with Gasteiger partial charge in [0.2, 0.25) is 5.91 Å². The predicted octanol–water partition coefficient (Wildman–Crippen LogP) is 3.23. The van der Waals surface area contributed by atoms with E-state index in [0.29, 0.717) is 24.0 Å². The first-order chi connectivity index (χ1) is 11.2. The fourth-order valence-electron chi connectivity index (χ4n) is 3.97. The summed E-state index contributed by atoms with van der Waals surface area (Å²) in [6, 6.07) is 5.56. The van der Waals surface area contributed by atoms with E-state index >= 15 is 0 Å². The lowest BCUT2D eigenvalue weighted by Crippen LogP contribution is -2.44. The molecule has 2 atom stereocenters. The second-order valence-corrected chi connectivity index (χ2v) is 6.48. The Morgan fingerprint density at radius 1 is 1.38 bits per heavy atom. The van der Waals surface area contributed by atoms with Gasteiger partial charge in [0.15, 0.2) is 11.5 Å². The third kappa shape index (κ3) is 3.47. The number of ether oxygens (including phenoxy) is 2. The lowest BCUT2D eigenvalue weighted by Gasteiger charge is -2.37. The van der Waals surface area contributed by atoms with Crippen molar-refractivity contribution >= 4 is 24.0 Å². The van der Waals surface area contributed by atoms with Crippen molar-refractivity contribution < 1.29 is 14.3 Å². The number of halogens is 1. The number of carbonyl (C=O) groups excluding carboxylic acids is 1. The molecule has 3 rings (SSSR count). The van der Waals surface area contributed by atoms with E-state index in [1.807, 2.05) is 25.1 Å². The van der Waals surface area contributed by atoms with E-state index in [1.165, 1.54) is 6.42 Å². The standard InChI is InChI=1S/C18H26N2O3.ClH/c1-3-23-15-8-7-14(10-16(15)22-2)20-17(21)18-9-5-4-6-13(18)11-19-12-18;/h7-8,10,13,19H,3-6,9,11-12H2,1-2H3,(H,20,21);1H/t13-,18+;/m0./s1. The van der Waals surface area contributed by atoms with Gasteiger partial charge in [0, 0.05) is 18.3 Å². The number of benzene rings is 1. The molecular formula is C18H27ClN2O3. The molecule has 1 aliphatic carbocycles. The van der Waals surface area contributed by atoms with E-state index in [-0.39, 0.29) is 23.7 Å². The minimum Gasteiger partial charge on any atom is -0.493 e. The molecule has 1 saturated heterocycles. The third-order valence-electron chi connectivity index (χ3n) is 5.21. The molecule has 0 aromatic heterocycles. The van der Waals surface area contributed by atoms with Crippen LogP contribution in [0.25, 0.3) is 0 Å². The summed E-state index contributed by atoms with van der Waals surface area (Å²) in [6.07, 6.45) is 4.49. The van der Waals surface area contributed by atoms with Crippen molar-refractivity contribution in [3.8, 4) is 11.5 Å². The average molecular weight is 355 g/mol. The number of amides is 1. The van der Waals surface area contributed by atoms with Crippen molar-refractivity contribution in [3.63, 3.8) is 0 Å². The van der Waals surface area contributed by atoms with E-state index in [2.05, 4.69) is 10.6 Å². The van der Waals surface area contributed by atoms with Crippen LogP contribution in [0.1, 0.15) is 32.6 Å². The van der Waals surface area contributed by atoms with Gasteiger partial charge in [0.05, 0.1) is 19.1 Å². The number of fused-ring (bicyclic) bond motifs is 1. The fraction of sp³-hybridized carbons (Fsp3) is 0.611. The van der Waals surface area contributed by atoms with Crippen molar-refractivity contribution in [2.45, 2.75) is 32.6 Å². The maximum atomic E-state index is 13.0. The van der Waals surface area contributed by atoms with E-state index in [1.54, 1.807) is 7.11 Å². The highest BCUT2D eigenvalue weighted by molar-refractivity contribution is 5.96. The van der Waals surface area contributed by atoms with Gasteiger partial charge in [0.1, 0.15) is 0 Å². The summed E-state index contributed by atoms with van der Waals surface area (Å²) < 4.78 is 10.9. The lowest BCUT2D eigenvalue weighted by molar-refractivity contribution is -0.128. The number of nitrogens with one attached hydrogen (secondary N) is 2. The molecule has 0 unspecified atom stereocenters. The zero-order valence-electron chi connectivity index (χ0n) is 14.4. The monoisotopic (exact) mass is 354 g/mol. The van der Waals surface area contributed by atoms with Gasteiger partial charge in [-0.3, -0.25) is 4.79 Å². The second kappa shape index (κ2) is 8.08. The molecule has 24 heavy (non-hydrogen) atoms. The summed E-state index contributed by atoms with van der Waals surface area (Å²) in [5.74, 6) is 1.94. The van der Waals surface area contributed by atoms with E-state index in [9.17, 15) is 4.79 Å². The fourth-order valence-corrected chi connectivity index (χ4v) is 3.97. The van der Waals surface area contributed by atoms with Gasteiger partial charge in [-0.05, 0) is 44.4 Å². The number of hydrogen-bond acceptors (Lipinski definition) is 4. The van der Waals surface area contributed by atoms with Gasteiger partial charge in [-0.25, -0.2) is 0 Å². The summed E-state index contributed by atoms with van der Waals surface area (Å²) in [5, 5.41) is 6.52.